The number of aliphatic carboxylic acids is 1. The summed E-state index contributed by atoms with van der Waals surface area (Å²) < 4.78 is 5.93. The van der Waals surface area contributed by atoms with E-state index in [9.17, 15) is 4.79 Å². The lowest BCUT2D eigenvalue weighted by atomic mass is 10.1. The van der Waals surface area contributed by atoms with Crippen LogP contribution in [0.2, 0.25) is 5.02 Å². The van der Waals surface area contributed by atoms with Crippen LogP contribution in [-0.4, -0.2) is 35.4 Å². The number of halogens is 1. The molecule has 0 saturated carbocycles. The zero-order valence-corrected chi connectivity index (χ0v) is 16.7. The number of nitrogens with zero attached hydrogens (tertiary/aromatic N) is 2. The topological polar surface area (TPSA) is 66.6 Å². The molecule has 0 spiro atoms. The number of aromatic nitrogens is 1. The zero-order chi connectivity index (χ0) is 19.6. The molecule has 1 aromatic heterocycles. The zero-order valence-electron chi connectivity index (χ0n) is 15.1. The monoisotopic (exact) mass is 402 g/mol. The molecular formula is C20H19ClN2O3S. The molecule has 7 heteroatoms. The molecule has 5 nitrogen and oxygen atoms in total. The van der Waals surface area contributed by atoms with Crippen molar-refractivity contribution < 1.29 is 14.3 Å². The molecule has 0 aliphatic heterocycles. The SMILES string of the molecule is CC(Sc1nc(-c2ccc(N(C)C)cc2)c(-c2cccc(Cl)c2)o1)C(=O)O. The van der Waals surface area contributed by atoms with Gasteiger partial charge in [-0.15, -0.1) is 0 Å². The quantitative estimate of drug-likeness (QED) is 0.565. The van der Waals surface area contributed by atoms with Gasteiger partial charge in [0, 0.05) is 35.9 Å². The predicted octanol–water partition coefficient (Wildman–Crippen LogP) is 5.29. The first kappa shape index (κ1) is 19.3. The van der Waals surface area contributed by atoms with Crippen molar-refractivity contribution in [1.82, 2.24) is 4.98 Å². The largest absolute Gasteiger partial charge is 0.480 e. The summed E-state index contributed by atoms with van der Waals surface area (Å²) in [5.74, 6) is -0.352. The molecule has 1 unspecified atom stereocenters. The predicted molar refractivity (Wildman–Crippen MR) is 110 cm³/mol. The van der Waals surface area contributed by atoms with Gasteiger partial charge in [-0.05, 0) is 31.2 Å². The fourth-order valence-electron chi connectivity index (χ4n) is 2.49. The second kappa shape index (κ2) is 8.06. The van der Waals surface area contributed by atoms with Crippen LogP contribution in [-0.2, 0) is 4.79 Å². The van der Waals surface area contributed by atoms with Crippen LogP contribution in [0.5, 0.6) is 0 Å². The second-order valence-corrected chi connectivity index (χ2v) is 7.94. The highest BCUT2D eigenvalue weighted by molar-refractivity contribution is 8.00. The maximum atomic E-state index is 11.2. The smallest absolute Gasteiger partial charge is 0.316 e. The molecule has 3 rings (SSSR count). The summed E-state index contributed by atoms with van der Waals surface area (Å²) in [5.41, 5.74) is 3.40. The number of carboxylic acids is 1. The number of oxazole rings is 1. The Hall–Kier alpha value is -2.44. The van der Waals surface area contributed by atoms with Crippen LogP contribution in [0.15, 0.2) is 58.2 Å². The Balaban J connectivity index is 2.07. The fourth-order valence-corrected chi connectivity index (χ4v) is 3.36. The minimum absolute atomic E-state index is 0.312. The third-order valence-corrected chi connectivity index (χ3v) is 5.14. The molecule has 1 N–H and O–H groups in total. The van der Waals surface area contributed by atoms with Crippen molar-refractivity contribution in [2.24, 2.45) is 0 Å². The lowest BCUT2D eigenvalue weighted by Gasteiger charge is -2.12. The Morgan fingerprint density at radius 2 is 1.89 bits per heavy atom. The first-order chi connectivity index (χ1) is 12.8. The third kappa shape index (κ3) is 4.46. The van der Waals surface area contributed by atoms with Gasteiger partial charge in [-0.25, -0.2) is 4.98 Å². The van der Waals surface area contributed by atoms with Gasteiger partial charge in [-0.1, -0.05) is 47.6 Å². The number of thioether (sulfide) groups is 1. The Labute approximate surface area is 167 Å². The van der Waals surface area contributed by atoms with E-state index in [1.54, 1.807) is 19.1 Å². The molecule has 1 heterocycles. The maximum absolute atomic E-state index is 11.2. The van der Waals surface area contributed by atoms with Crippen molar-refractivity contribution in [3.8, 4) is 22.6 Å². The lowest BCUT2D eigenvalue weighted by molar-refractivity contribution is -0.136. The Morgan fingerprint density at radius 3 is 2.48 bits per heavy atom. The van der Waals surface area contributed by atoms with Gasteiger partial charge in [-0.3, -0.25) is 4.79 Å². The summed E-state index contributed by atoms with van der Waals surface area (Å²) >= 11 is 7.20. The highest BCUT2D eigenvalue weighted by Gasteiger charge is 2.21. The van der Waals surface area contributed by atoms with E-state index in [0.717, 1.165) is 28.6 Å². The van der Waals surface area contributed by atoms with E-state index in [1.165, 1.54) is 0 Å². The number of benzene rings is 2. The van der Waals surface area contributed by atoms with Gasteiger partial charge in [0.1, 0.15) is 10.9 Å². The van der Waals surface area contributed by atoms with Crippen LogP contribution in [0, 0.1) is 0 Å². The fraction of sp³-hybridized carbons (Fsp3) is 0.200. The van der Waals surface area contributed by atoms with Crippen molar-refractivity contribution >= 4 is 35.0 Å². The van der Waals surface area contributed by atoms with Gasteiger partial charge in [0.05, 0.1) is 0 Å². The van der Waals surface area contributed by atoms with Gasteiger partial charge in [-0.2, -0.15) is 0 Å². The van der Waals surface area contributed by atoms with E-state index in [0.29, 0.717) is 21.7 Å². The Kier molecular flexibility index (Phi) is 5.77. The Bertz CT molecular complexity index is 954. The highest BCUT2D eigenvalue weighted by atomic mass is 35.5. The van der Waals surface area contributed by atoms with Crippen LogP contribution in [0.4, 0.5) is 5.69 Å². The standard InChI is InChI=1S/C20H19ClN2O3S/c1-12(19(24)25)27-20-22-17(13-7-9-16(10-8-13)23(2)3)18(26-20)14-5-4-6-15(21)11-14/h4-12H,1-3H3,(H,24,25). The molecule has 0 fully saturated rings. The van der Waals surface area contributed by atoms with Gasteiger partial charge >= 0.3 is 5.97 Å². The number of rotatable bonds is 6. The van der Waals surface area contributed by atoms with Crippen LogP contribution in [0.3, 0.4) is 0 Å². The summed E-state index contributed by atoms with van der Waals surface area (Å²) in [4.78, 5) is 17.7. The van der Waals surface area contributed by atoms with Gasteiger partial charge in [0.2, 0.25) is 0 Å². The molecule has 0 aliphatic rings. The molecule has 0 radical (unpaired) electrons. The van der Waals surface area contributed by atoms with E-state index >= 15 is 0 Å². The molecule has 3 aromatic rings. The maximum Gasteiger partial charge on any atom is 0.316 e. The third-order valence-electron chi connectivity index (χ3n) is 3.98. The first-order valence-electron chi connectivity index (χ1n) is 8.29. The Morgan fingerprint density at radius 1 is 1.19 bits per heavy atom. The number of hydrogen-bond donors (Lipinski definition) is 1. The van der Waals surface area contributed by atoms with Gasteiger partial charge < -0.3 is 14.4 Å². The lowest BCUT2D eigenvalue weighted by Crippen LogP contribution is -2.10. The summed E-state index contributed by atoms with van der Waals surface area (Å²) in [6.07, 6.45) is 0. The average molecular weight is 403 g/mol. The van der Waals surface area contributed by atoms with E-state index in [4.69, 9.17) is 21.1 Å². The molecule has 140 valence electrons. The first-order valence-corrected chi connectivity index (χ1v) is 9.55. The van der Waals surface area contributed by atoms with Gasteiger partial charge in [0.15, 0.2) is 5.76 Å². The summed E-state index contributed by atoms with van der Waals surface area (Å²) in [6.45, 7) is 1.60. The molecule has 0 aliphatic carbocycles. The van der Waals surface area contributed by atoms with Crippen LogP contribution >= 0.6 is 23.4 Å². The summed E-state index contributed by atoms with van der Waals surface area (Å²) in [7, 11) is 3.95. The van der Waals surface area contributed by atoms with Crippen LogP contribution in [0.1, 0.15) is 6.92 Å². The molecule has 0 amide bonds. The summed E-state index contributed by atoms with van der Waals surface area (Å²) in [6, 6.07) is 15.2. The highest BCUT2D eigenvalue weighted by Crippen LogP contribution is 2.37. The van der Waals surface area contributed by atoms with E-state index in [2.05, 4.69) is 4.98 Å². The molecule has 1 atom stereocenters. The number of carbonyl (C=O) groups is 1. The molecule has 0 saturated heterocycles. The van der Waals surface area contributed by atoms with Crippen molar-refractivity contribution in [3.05, 3.63) is 53.6 Å². The van der Waals surface area contributed by atoms with Gasteiger partial charge in [0.25, 0.3) is 5.22 Å². The van der Waals surface area contributed by atoms with Crippen LogP contribution < -0.4 is 4.90 Å². The van der Waals surface area contributed by atoms with Crippen molar-refractivity contribution in [1.29, 1.82) is 0 Å². The normalized spacial score (nSPS) is 12.0. The molecular weight excluding hydrogens is 384 g/mol. The minimum atomic E-state index is -0.917. The average Bonchev–Trinajstić information content (AvgIpc) is 3.05. The number of carboxylic acid groups (broad SMARTS) is 1. The number of hydrogen-bond acceptors (Lipinski definition) is 5. The van der Waals surface area contributed by atoms with E-state index in [1.807, 2.05) is 55.4 Å². The van der Waals surface area contributed by atoms with E-state index in [-0.39, 0.29) is 0 Å². The van der Waals surface area contributed by atoms with E-state index < -0.39 is 11.2 Å². The van der Waals surface area contributed by atoms with Crippen molar-refractivity contribution in [3.63, 3.8) is 0 Å². The molecule has 27 heavy (non-hydrogen) atoms. The van der Waals surface area contributed by atoms with Crippen molar-refractivity contribution in [2.45, 2.75) is 17.4 Å². The number of anilines is 1. The molecule has 2 aromatic carbocycles. The van der Waals surface area contributed by atoms with Crippen molar-refractivity contribution in [2.75, 3.05) is 19.0 Å². The van der Waals surface area contributed by atoms with Crippen LogP contribution in [0.25, 0.3) is 22.6 Å². The second-order valence-electron chi connectivity index (χ2n) is 6.21. The minimum Gasteiger partial charge on any atom is -0.480 e. The summed E-state index contributed by atoms with van der Waals surface area (Å²) in [5, 5.41) is 9.39. The molecule has 0 bridgehead atoms.